The monoisotopic (exact) mass is 299 g/mol. The Labute approximate surface area is 120 Å². The van der Waals surface area contributed by atoms with Crippen LogP contribution in [0.15, 0.2) is 29.2 Å². The van der Waals surface area contributed by atoms with Gasteiger partial charge in [-0.1, -0.05) is 13.0 Å². The minimum absolute atomic E-state index is 0.112. The minimum Gasteiger partial charge on any atom is -0.399 e. The summed E-state index contributed by atoms with van der Waals surface area (Å²) in [5.41, 5.74) is 6.04. The van der Waals surface area contributed by atoms with Crippen LogP contribution in [0, 0.1) is 0 Å². The Morgan fingerprint density at radius 2 is 2.30 bits per heavy atom. The van der Waals surface area contributed by atoms with E-state index in [1.807, 2.05) is 0 Å². The molecule has 1 unspecified atom stereocenters. The van der Waals surface area contributed by atoms with Crippen molar-refractivity contribution < 1.29 is 13.2 Å². The van der Waals surface area contributed by atoms with Gasteiger partial charge in [-0.25, -0.2) is 13.1 Å². The number of sulfonamides is 1. The van der Waals surface area contributed by atoms with Crippen molar-refractivity contribution >= 4 is 15.7 Å². The Kier molecular flexibility index (Phi) is 4.98. The molecule has 1 aliphatic rings. The Balaban J connectivity index is 1.95. The number of rotatable bonds is 5. The van der Waals surface area contributed by atoms with E-state index in [4.69, 9.17) is 10.5 Å². The third-order valence-corrected chi connectivity index (χ3v) is 4.76. The molecule has 2 rings (SSSR count). The first-order chi connectivity index (χ1) is 9.51. The third-order valence-electron chi connectivity index (χ3n) is 3.34. The van der Waals surface area contributed by atoms with Gasteiger partial charge in [-0.15, -0.1) is 0 Å². The molecule has 0 aromatic heterocycles. The molecule has 3 N–H and O–H groups in total. The number of likely N-dealkylation sites (N-methyl/N-ethyl adjacent to an activating group) is 1. The second-order valence-electron chi connectivity index (χ2n) is 4.81. The number of nitrogen functional groups attached to an aromatic ring is 1. The fourth-order valence-electron chi connectivity index (χ4n) is 2.16. The highest BCUT2D eigenvalue weighted by Crippen LogP contribution is 2.13. The Morgan fingerprint density at radius 1 is 1.50 bits per heavy atom. The van der Waals surface area contributed by atoms with E-state index in [-0.39, 0.29) is 17.5 Å². The lowest BCUT2D eigenvalue weighted by atomic mass is 10.3. The van der Waals surface area contributed by atoms with Gasteiger partial charge in [0.05, 0.1) is 17.6 Å². The summed E-state index contributed by atoms with van der Waals surface area (Å²) in [7, 11) is -3.53. The van der Waals surface area contributed by atoms with Crippen LogP contribution < -0.4 is 10.5 Å². The molecule has 0 saturated carbocycles. The van der Waals surface area contributed by atoms with Gasteiger partial charge in [0.15, 0.2) is 0 Å². The van der Waals surface area contributed by atoms with Crippen LogP contribution in [0.25, 0.3) is 0 Å². The maximum Gasteiger partial charge on any atom is 0.240 e. The lowest BCUT2D eigenvalue weighted by molar-refractivity contribution is -0.0229. The van der Waals surface area contributed by atoms with Crippen molar-refractivity contribution in [3.8, 4) is 0 Å². The summed E-state index contributed by atoms with van der Waals surface area (Å²) >= 11 is 0. The molecule has 1 aromatic rings. The number of hydrogen-bond donors (Lipinski definition) is 2. The topological polar surface area (TPSA) is 84.7 Å². The lowest BCUT2D eigenvalue weighted by Crippen LogP contribution is -2.47. The average Bonchev–Trinajstić information content (AvgIpc) is 2.45. The van der Waals surface area contributed by atoms with Gasteiger partial charge in [0, 0.05) is 25.3 Å². The van der Waals surface area contributed by atoms with E-state index in [1.165, 1.54) is 12.1 Å². The summed E-state index contributed by atoms with van der Waals surface area (Å²) in [5, 5.41) is 0. The number of morpholine rings is 1. The average molecular weight is 299 g/mol. The second-order valence-corrected chi connectivity index (χ2v) is 6.58. The van der Waals surface area contributed by atoms with E-state index in [2.05, 4.69) is 16.5 Å². The summed E-state index contributed by atoms with van der Waals surface area (Å²) in [5.74, 6) is 0. The normalized spacial score (nSPS) is 20.9. The van der Waals surface area contributed by atoms with Gasteiger partial charge in [-0.05, 0) is 24.7 Å². The predicted molar refractivity (Wildman–Crippen MR) is 77.9 cm³/mol. The number of nitrogens with one attached hydrogen (secondary N) is 1. The summed E-state index contributed by atoms with van der Waals surface area (Å²) < 4.78 is 32.4. The van der Waals surface area contributed by atoms with Gasteiger partial charge >= 0.3 is 0 Å². The zero-order chi connectivity index (χ0) is 14.6. The van der Waals surface area contributed by atoms with Gasteiger partial charge in [-0.2, -0.15) is 0 Å². The first kappa shape index (κ1) is 15.2. The zero-order valence-electron chi connectivity index (χ0n) is 11.6. The Bertz CT molecular complexity index is 548. The van der Waals surface area contributed by atoms with Crippen molar-refractivity contribution in [3.05, 3.63) is 24.3 Å². The Morgan fingerprint density at radius 3 is 3.00 bits per heavy atom. The van der Waals surface area contributed by atoms with Crippen LogP contribution in [-0.2, 0) is 14.8 Å². The molecule has 1 aliphatic heterocycles. The molecule has 0 radical (unpaired) electrons. The summed E-state index contributed by atoms with van der Waals surface area (Å²) in [6.07, 6.45) is -0.112. The maximum absolute atomic E-state index is 12.1. The van der Waals surface area contributed by atoms with Crippen LogP contribution in [0.5, 0.6) is 0 Å². The van der Waals surface area contributed by atoms with E-state index in [1.54, 1.807) is 12.1 Å². The van der Waals surface area contributed by atoms with Crippen LogP contribution in [0.4, 0.5) is 5.69 Å². The largest absolute Gasteiger partial charge is 0.399 e. The van der Waals surface area contributed by atoms with Crippen molar-refractivity contribution in [1.29, 1.82) is 0 Å². The van der Waals surface area contributed by atoms with Crippen LogP contribution in [0.3, 0.4) is 0 Å². The minimum atomic E-state index is -3.53. The fourth-order valence-corrected chi connectivity index (χ4v) is 3.28. The molecule has 1 heterocycles. The molecule has 1 aromatic carbocycles. The van der Waals surface area contributed by atoms with E-state index >= 15 is 0 Å². The molecule has 7 heteroatoms. The fraction of sp³-hybridized carbons (Fsp3) is 0.538. The molecule has 1 saturated heterocycles. The highest BCUT2D eigenvalue weighted by atomic mass is 32.2. The highest BCUT2D eigenvalue weighted by Gasteiger charge is 2.22. The molecule has 0 aliphatic carbocycles. The van der Waals surface area contributed by atoms with Crippen molar-refractivity contribution in [3.63, 3.8) is 0 Å². The highest BCUT2D eigenvalue weighted by molar-refractivity contribution is 7.89. The SMILES string of the molecule is CCN1CCOC(CNS(=O)(=O)c2cccc(N)c2)C1. The van der Waals surface area contributed by atoms with Gasteiger partial charge in [0.1, 0.15) is 0 Å². The number of nitrogens with two attached hydrogens (primary N) is 1. The van der Waals surface area contributed by atoms with Crippen molar-refractivity contribution in [2.45, 2.75) is 17.9 Å². The summed E-state index contributed by atoms with van der Waals surface area (Å²) in [4.78, 5) is 2.42. The van der Waals surface area contributed by atoms with E-state index in [0.29, 0.717) is 12.3 Å². The third kappa shape index (κ3) is 3.92. The number of hydrogen-bond acceptors (Lipinski definition) is 5. The smallest absolute Gasteiger partial charge is 0.240 e. The molecular weight excluding hydrogens is 278 g/mol. The predicted octanol–water partition coefficient (Wildman–Crippen LogP) is 0.268. The maximum atomic E-state index is 12.1. The number of ether oxygens (including phenoxy) is 1. The van der Waals surface area contributed by atoms with E-state index in [0.717, 1.165) is 19.6 Å². The number of anilines is 1. The number of benzene rings is 1. The van der Waals surface area contributed by atoms with Gasteiger partial charge < -0.3 is 10.5 Å². The Hall–Kier alpha value is -1.15. The van der Waals surface area contributed by atoms with Crippen molar-refractivity contribution in [2.24, 2.45) is 0 Å². The van der Waals surface area contributed by atoms with E-state index in [9.17, 15) is 8.42 Å². The quantitative estimate of drug-likeness (QED) is 0.762. The first-order valence-electron chi connectivity index (χ1n) is 6.70. The van der Waals surface area contributed by atoms with Crippen LogP contribution in [0.2, 0.25) is 0 Å². The van der Waals surface area contributed by atoms with Crippen LogP contribution in [-0.4, -0.2) is 52.2 Å². The summed E-state index contributed by atoms with van der Waals surface area (Å²) in [6, 6.07) is 6.25. The number of nitrogens with zero attached hydrogens (tertiary/aromatic N) is 1. The molecule has 0 amide bonds. The van der Waals surface area contributed by atoms with Crippen molar-refractivity contribution in [2.75, 3.05) is 38.5 Å². The molecule has 0 bridgehead atoms. The molecular formula is C13H21N3O3S. The van der Waals surface area contributed by atoms with Gasteiger partial charge in [0.25, 0.3) is 0 Å². The molecule has 20 heavy (non-hydrogen) atoms. The molecule has 1 atom stereocenters. The lowest BCUT2D eigenvalue weighted by Gasteiger charge is -2.32. The van der Waals surface area contributed by atoms with Gasteiger partial charge in [-0.3, -0.25) is 4.90 Å². The van der Waals surface area contributed by atoms with Crippen LogP contribution >= 0.6 is 0 Å². The first-order valence-corrected chi connectivity index (χ1v) is 8.19. The van der Waals surface area contributed by atoms with Crippen LogP contribution in [0.1, 0.15) is 6.92 Å². The van der Waals surface area contributed by atoms with Gasteiger partial charge in [0.2, 0.25) is 10.0 Å². The molecule has 112 valence electrons. The zero-order valence-corrected chi connectivity index (χ0v) is 12.4. The molecule has 0 spiro atoms. The van der Waals surface area contributed by atoms with E-state index < -0.39 is 10.0 Å². The molecule has 1 fully saturated rings. The second kappa shape index (κ2) is 6.53. The summed E-state index contributed by atoms with van der Waals surface area (Å²) in [6.45, 7) is 5.58. The molecule has 6 nitrogen and oxygen atoms in total. The standard InChI is InChI=1S/C13H21N3O3S/c1-2-16-6-7-19-12(10-16)9-15-20(17,18)13-5-3-4-11(14)8-13/h3-5,8,12,15H,2,6-7,9-10,14H2,1H3. The van der Waals surface area contributed by atoms with Crippen molar-refractivity contribution in [1.82, 2.24) is 9.62 Å².